The van der Waals surface area contributed by atoms with Crippen LogP contribution in [-0.2, 0) is 4.84 Å². The summed E-state index contributed by atoms with van der Waals surface area (Å²) in [6, 6.07) is 8.73. The van der Waals surface area contributed by atoms with Crippen LogP contribution in [0.2, 0.25) is 0 Å². The minimum atomic E-state index is -1.96. The lowest BCUT2D eigenvalue weighted by atomic mass is 9.98. The third kappa shape index (κ3) is 3.67. The first-order valence-electron chi connectivity index (χ1n) is 7.42. The number of hydrogen-bond acceptors (Lipinski definition) is 5. The minimum absolute atomic E-state index is 0.474. The molecule has 0 spiro atoms. The fraction of sp³-hybridized carbons (Fsp3) is 0.312. The third-order valence-electron chi connectivity index (χ3n) is 3.99. The van der Waals surface area contributed by atoms with Gasteiger partial charge in [0.15, 0.2) is 6.04 Å². The van der Waals surface area contributed by atoms with Crippen molar-refractivity contribution in [2.24, 2.45) is 0 Å². The molecule has 1 saturated heterocycles. The second-order valence-corrected chi connectivity index (χ2v) is 8.11. The molecule has 3 rings (SSSR count). The van der Waals surface area contributed by atoms with Crippen molar-refractivity contribution < 1.29 is 9.76 Å². The lowest BCUT2D eigenvalue weighted by Crippen LogP contribution is -2.41. The van der Waals surface area contributed by atoms with E-state index >= 15 is 0 Å². The molecule has 3 unspecified atom stereocenters. The zero-order chi connectivity index (χ0) is 18.2. The summed E-state index contributed by atoms with van der Waals surface area (Å²) in [6.07, 6.45) is 1.88. The monoisotopic (exact) mass is 401 g/mol. The van der Waals surface area contributed by atoms with E-state index in [1.165, 1.54) is 5.06 Å². The number of anilines is 1. The summed E-state index contributed by atoms with van der Waals surface area (Å²) < 4.78 is -1.96. The number of hydrogen-bond donors (Lipinski definition) is 0. The second-order valence-electron chi connectivity index (χ2n) is 5.74. The van der Waals surface area contributed by atoms with Crippen LogP contribution in [0, 0.1) is 17.0 Å². The molecule has 0 N–H and O–H groups in total. The highest BCUT2D eigenvalue weighted by Crippen LogP contribution is 2.47. The van der Waals surface area contributed by atoms with Gasteiger partial charge in [0, 0.05) is 22.9 Å². The SMILES string of the molecule is Cc1ccc(N2OC(C(Cl)(Cl)Cl)C([N+](=O)[O-])C2c2cccnc2)cc1. The highest BCUT2D eigenvalue weighted by atomic mass is 35.6. The van der Waals surface area contributed by atoms with Crippen molar-refractivity contribution >= 4 is 40.5 Å². The molecule has 1 fully saturated rings. The Hall–Kier alpha value is -1.60. The van der Waals surface area contributed by atoms with E-state index in [9.17, 15) is 10.1 Å². The standard InChI is InChI=1S/C16H14Cl3N3O3/c1-10-4-6-12(7-5-10)21-13(11-3-2-8-20-9-11)14(22(23)24)15(25-21)16(17,18)19/h2-9,13-15H,1H3. The largest absolute Gasteiger partial charge is 0.272 e. The molecule has 1 aliphatic heterocycles. The van der Waals surface area contributed by atoms with Crippen molar-refractivity contribution in [1.29, 1.82) is 0 Å². The van der Waals surface area contributed by atoms with Crippen LogP contribution in [0.1, 0.15) is 17.2 Å². The van der Waals surface area contributed by atoms with Gasteiger partial charge in [-0.2, -0.15) is 0 Å². The Kier molecular flexibility index (Phi) is 5.06. The molecule has 0 radical (unpaired) electrons. The van der Waals surface area contributed by atoms with Crippen LogP contribution in [0.25, 0.3) is 0 Å². The van der Waals surface area contributed by atoms with Gasteiger partial charge in [0.1, 0.15) is 0 Å². The predicted molar refractivity (Wildman–Crippen MR) is 96.6 cm³/mol. The molecule has 2 aromatic rings. The Bertz CT molecular complexity index is 753. The van der Waals surface area contributed by atoms with Gasteiger partial charge in [0.2, 0.25) is 9.90 Å². The quantitative estimate of drug-likeness (QED) is 0.436. The highest BCUT2D eigenvalue weighted by molar-refractivity contribution is 6.68. The number of rotatable bonds is 3. The van der Waals surface area contributed by atoms with Gasteiger partial charge in [-0.1, -0.05) is 58.6 Å². The number of nitrogens with zero attached hydrogens (tertiary/aromatic N) is 3. The van der Waals surface area contributed by atoms with Crippen molar-refractivity contribution in [2.45, 2.75) is 28.9 Å². The molecule has 0 saturated carbocycles. The number of aromatic nitrogens is 1. The Morgan fingerprint density at radius 2 is 1.92 bits per heavy atom. The number of nitro groups is 1. The third-order valence-corrected chi connectivity index (χ3v) is 4.64. The molecule has 3 atom stereocenters. The van der Waals surface area contributed by atoms with Crippen LogP contribution in [-0.4, -0.2) is 25.8 Å². The van der Waals surface area contributed by atoms with E-state index in [1.54, 1.807) is 36.7 Å². The summed E-state index contributed by atoms with van der Waals surface area (Å²) in [7, 11) is 0. The van der Waals surface area contributed by atoms with Crippen molar-refractivity contribution in [1.82, 2.24) is 4.98 Å². The van der Waals surface area contributed by atoms with E-state index in [2.05, 4.69) is 4.98 Å². The van der Waals surface area contributed by atoms with Crippen LogP contribution in [0.15, 0.2) is 48.8 Å². The molecule has 0 bridgehead atoms. The average Bonchev–Trinajstić information content (AvgIpc) is 2.97. The molecule has 1 aromatic heterocycles. The Balaban J connectivity index is 2.11. The summed E-state index contributed by atoms with van der Waals surface area (Å²) in [6.45, 7) is 1.94. The maximum absolute atomic E-state index is 11.8. The van der Waals surface area contributed by atoms with E-state index in [0.29, 0.717) is 11.3 Å². The molecule has 0 aliphatic carbocycles. The Morgan fingerprint density at radius 3 is 2.44 bits per heavy atom. The highest BCUT2D eigenvalue weighted by Gasteiger charge is 2.59. The van der Waals surface area contributed by atoms with Gasteiger partial charge in [0.25, 0.3) is 6.04 Å². The topological polar surface area (TPSA) is 68.5 Å². The van der Waals surface area contributed by atoms with E-state index in [-0.39, 0.29) is 0 Å². The second kappa shape index (κ2) is 6.96. The molecular formula is C16H14Cl3N3O3. The van der Waals surface area contributed by atoms with Crippen molar-refractivity contribution in [3.8, 4) is 0 Å². The molecular weight excluding hydrogens is 389 g/mol. The first-order valence-corrected chi connectivity index (χ1v) is 8.55. The Morgan fingerprint density at radius 1 is 1.24 bits per heavy atom. The predicted octanol–water partition coefficient (Wildman–Crippen LogP) is 4.27. The molecule has 9 heteroatoms. The lowest BCUT2D eigenvalue weighted by molar-refractivity contribution is -0.529. The molecule has 0 amide bonds. The fourth-order valence-electron chi connectivity index (χ4n) is 2.83. The zero-order valence-corrected chi connectivity index (χ0v) is 15.3. The van der Waals surface area contributed by atoms with E-state index in [4.69, 9.17) is 39.6 Å². The lowest BCUT2D eigenvalue weighted by Gasteiger charge is -2.24. The van der Waals surface area contributed by atoms with E-state index in [1.807, 2.05) is 19.1 Å². The van der Waals surface area contributed by atoms with Crippen LogP contribution in [0.4, 0.5) is 5.69 Å². The van der Waals surface area contributed by atoms with Crippen molar-refractivity contribution in [2.75, 3.05) is 5.06 Å². The molecule has 1 aliphatic rings. The first-order chi connectivity index (χ1) is 11.8. The smallest absolute Gasteiger partial charge is 0.264 e. The average molecular weight is 403 g/mol. The van der Waals surface area contributed by atoms with E-state index in [0.717, 1.165) is 5.56 Å². The van der Waals surface area contributed by atoms with Crippen molar-refractivity contribution in [3.63, 3.8) is 0 Å². The summed E-state index contributed by atoms with van der Waals surface area (Å²) in [5.74, 6) is 0. The van der Waals surface area contributed by atoms with Gasteiger partial charge in [0.05, 0.1) is 5.69 Å². The van der Waals surface area contributed by atoms with Crippen molar-refractivity contribution in [3.05, 3.63) is 70.0 Å². The van der Waals surface area contributed by atoms with Crippen LogP contribution >= 0.6 is 34.8 Å². The summed E-state index contributed by atoms with van der Waals surface area (Å²) >= 11 is 17.9. The van der Waals surface area contributed by atoms with Gasteiger partial charge >= 0.3 is 0 Å². The minimum Gasteiger partial charge on any atom is -0.264 e. The number of pyridine rings is 1. The normalized spacial score (nSPS) is 23.7. The van der Waals surface area contributed by atoms with E-state index < -0.39 is 26.9 Å². The summed E-state index contributed by atoms with van der Waals surface area (Å²) in [4.78, 5) is 21.1. The van der Waals surface area contributed by atoms with Gasteiger partial charge < -0.3 is 0 Å². The van der Waals surface area contributed by atoms with Gasteiger partial charge in [-0.3, -0.25) is 19.9 Å². The van der Waals surface area contributed by atoms with Crippen LogP contribution < -0.4 is 5.06 Å². The van der Waals surface area contributed by atoms with Crippen LogP contribution in [0.3, 0.4) is 0 Å². The van der Waals surface area contributed by atoms with Crippen LogP contribution in [0.5, 0.6) is 0 Å². The molecule has 1 aromatic carbocycles. The molecule has 6 nitrogen and oxygen atoms in total. The van der Waals surface area contributed by atoms with Gasteiger partial charge in [-0.15, -0.1) is 0 Å². The first kappa shape index (κ1) is 18.2. The zero-order valence-electron chi connectivity index (χ0n) is 13.1. The Labute approximate surface area is 159 Å². The molecule has 25 heavy (non-hydrogen) atoms. The number of benzene rings is 1. The number of alkyl halides is 3. The summed E-state index contributed by atoms with van der Waals surface area (Å²) in [5, 5.41) is 13.2. The molecule has 2 heterocycles. The number of hydroxylamine groups is 1. The molecule has 132 valence electrons. The number of halogens is 3. The maximum atomic E-state index is 11.8. The van der Waals surface area contributed by atoms with Gasteiger partial charge in [-0.25, -0.2) is 5.06 Å². The fourth-order valence-corrected chi connectivity index (χ4v) is 3.34. The number of aryl methyl sites for hydroxylation is 1. The van der Waals surface area contributed by atoms with Gasteiger partial charge in [-0.05, 0) is 25.1 Å². The maximum Gasteiger partial charge on any atom is 0.272 e. The summed E-state index contributed by atoms with van der Waals surface area (Å²) in [5.41, 5.74) is 2.27.